The van der Waals surface area contributed by atoms with E-state index < -0.39 is 13.9 Å². The molecule has 0 bridgehead atoms. The molecule has 0 fully saturated rings. The topological polar surface area (TPSA) is 82.0 Å². The molecule has 1 atom stereocenters. The van der Waals surface area contributed by atoms with Crippen LogP contribution in [-0.2, 0) is 9.09 Å². The van der Waals surface area contributed by atoms with Gasteiger partial charge in [0.15, 0.2) is 0 Å². The summed E-state index contributed by atoms with van der Waals surface area (Å²) < 4.78 is 15.9. The quantitative estimate of drug-likeness (QED) is 0.115. The molecule has 188 valence electrons. The molecular formula is C24H53N2O4P. The highest BCUT2D eigenvalue weighted by Gasteiger charge is 2.22. The Morgan fingerprint density at radius 3 is 1.55 bits per heavy atom. The van der Waals surface area contributed by atoms with Crippen LogP contribution in [0.4, 0.5) is 0 Å². The zero-order valence-corrected chi connectivity index (χ0v) is 21.7. The Bertz CT molecular complexity index is 418. The zero-order chi connectivity index (χ0) is 23.2. The molecular weight excluding hydrogens is 411 g/mol. The van der Waals surface area contributed by atoms with E-state index in [2.05, 4.69) is 12.2 Å². The van der Waals surface area contributed by atoms with Crippen molar-refractivity contribution in [2.24, 2.45) is 0 Å². The molecule has 0 aliphatic heterocycles. The summed E-state index contributed by atoms with van der Waals surface area (Å²) in [5.74, 6) is 0. The summed E-state index contributed by atoms with van der Waals surface area (Å²) in [5, 5.41) is 3.37. The van der Waals surface area contributed by atoms with E-state index in [0.717, 1.165) is 19.5 Å². The van der Waals surface area contributed by atoms with Crippen LogP contribution in [0.5, 0.6) is 0 Å². The van der Waals surface area contributed by atoms with E-state index in [9.17, 15) is 4.57 Å². The van der Waals surface area contributed by atoms with E-state index in [4.69, 9.17) is 14.3 Å². The molecule has 3 N–H and O–H groups in total. The molecule has 0 amide bonds. The average molecular weight is 465 g/mol. The molecule has 0 aromatic heterocycles. The maximum Gasteiger partial charge on any atom is 0.469 e. The van der Waals surface area contributed by atoms with Crippen LogP contribution in [0.1, 0.15) is 116 Å². The molecule has 0 aliphatic rings. The molecule has 0 aromatic rings. The number of hydrogen-bond acceptors (Lipinski definition) is 4. The van der Waals surface area contributed by atoms with Crippen LogP contribution in [0, 0.1) is 0 Å². The number of hydrogen-bond donors (Lipinski definition) is 3. The fraction of sp³-hybridized carbons (Fsp3) is 1.00. The average Bonchev–Trinajstić information content (AvgIpc) is 2.68. The van der Waals surface area contributed by atoms with Gasteiger partial charge in [0.05, 0.1) is 6.10 Å². The third-order valence-corrected chi connectivity index (χ3v) is 6.28. The largest absolute Gasteiger partial charge is 0.469 e. The first-order chi connectivity index (χ1) is 14.8. The van der Waals surface area contributed by atoms with Crippen LogP contribution < -0.4 is 5.32 Å². The minimum absolute atomic E-state index is 0.450. The molecule has 7 heteroatoms. The molecule has 6 nitrogen and oxygen atoms in total. The van der Waals surface area contributed by atoms with Gasteiger partial charge >= 0.3 is 7.82 Å². The second-order valence-electron chi connectivity index (χ2n) is 9.32. The van der Waals surface area contributed by atoms with E-state index in [1.54, 1.807) is 0 Å². The highest BCUT2D eigenvalue weighted by atomic mass is 31.2. The summed E-state index contributed by atoms with van der Waals surface area (Å²) in [6.07, 6.45) is 22.1. The van der Waals surface area contributed by atoms with E-state index in [-0.39, 0.29) is 0 Å². The van der Waals surface area contributed by atoms with Crippen LogP contribution in [0.3, 0.4) is 0 Å². The Morgan fingerprint density at radius 2 is 1.16 bits per heavy atom. The van der Waals surface area contributed by atoms with Crippen molar-refractivity contribution in [2.45, 2.75) is 122 Å². The Hall–Kier alpha value is 0.0300. The molecule has 0 radical (unpaired) electrons. The number of unbranched alkanes of at least 4 members (excludes halogenated alkanes) is 15. The van der Waals surface area contributed by atoms with Crippen molar-refractivity contribution >= 4 is 7.82 Å². The number of likely N-dealkylation sites (N-methyl/N-ethyl adjacent to an activating group) is 1. The number of nitrogens with zero attached hydrogens (tertiary/aromatic N) is 1. The summed E-state index contributed by atoms with van der Waals surface area (Å²) >= 11 is 0. The van der Waals surface area contributed by atoms with Crippen LogP contribution in [-0.4, -0.2) is 54.5 Å². The van der Waals surface area contributed by atoms with Crippen molar-refractivity contribution in [3.05, 3.63) is 0 Å². The van der Waals surface area contributed by atoms with Crippen LogP contribution in [0.25, 0.3) is 0 Å². The van der Waals surface area contributed by atoms with Crippen molar-refractivity contribution in [3.8, 4) is 0 Å². The number of phosphoric acid groups is 1. The van der Waals surface area contributed by atoms with Gasteiger partial charge in [0, 0.05) is 6.54 Å². The SMILES string of the molecule is CCCCCCCCCCCCCCCCCCNCCC(CN(C)C)OP(=O)(O)O. The van der Waals surface area contributed by atoms with Gasteiger partial charge in [-0.2, -0.15) is 0 Å². The number of nitrogens with one attached hydrogen (secondary N) is 1. The van der Waals surface area contributed by atoms with E-state index in [0.29, 0.717) is 13.0 Å². The summed E-state index contributed by atoms with van der Waals surface area (Å²) in [6, 6.07) is 0. The fourth-order valence-electron chi connectivity index (χ4n) is 3.96. The van der Waals surface area contributed by atoms with Gasteiger partial charge in [-0.05, 0) is 40.0 Å². The first-order valence-corrected chi connectivity index (χ1v) is 14.5. The monoisotopic (exact) mass is 464 g/mol. The van der Waals surface area contributed by atoms with Crippen LogP contribution >= 0.6 is 7.82 Å². The third-order valence-electron chi connectivity index (χ3n) is 5.71. The lowest BCUT2D eigenvalue weighted by Gasteiger charge is -2.21. The van der Waals surface area contributed by atoms with Gasteiger partial charge in [0.1, 0.15) is 0 Å². The first kappa shape index (κ1) is 31.0. The Labute approximate surface area is 193 Å². The van der Waals surface area contributed by atoms with Crippen molar-refractivity contribution in [1.82, 2.24) is 10.2 Å². The second kappa shape index (κ2) is 21.9. The van der Waals surface area contributed by atoms with E-state index in [1.165, 1.54) is 96.3 Å². The smallest absolute Gasteiger partial charge is 0.317 e. The first-order valence-electron chi connectivity index (χ1n) is 12.9. The van der Waals surface area contributed by atoms with E-state index in [1.807, 2.05) is 19.0 Å². The highest BCUT2D eigenvalue weighted by molar-refractivity contribution is 7.46. The van der Waals surface area contributed by atoms with Crippen molar-refractivity contribution in [2.75, 3.05) is 33.7 Å². The van der Waals surface area contributed by atoms with Crippen molar-refractivity contribution in [3.63, 3.8) is 0 Å². The molecule has 31 heavy (non-hydrogen) atoms. The lowest BCUT2D eigenvalue weighted by Crippen LogP contribution is -2.31. The van der Waals surface area contributed by atoms with E-state index >= 15 is 0 Å². The Balaban J connectivity index is 3.34. The van der Waals surface area contributed by atoms with Crippen LogP contribution in [0.2, 0.25) is 0 Å². The zero-order valence-electron chi connectivity index (χ0n) is 20.8. The highest BCUT2D eigenvalue weighted by Crippen LogP contribution is 2.38. The van der Waals surface area contributed by atoms with Gasteiger partial charge in [0.25, 0.3) is 0 Å². The van der Waals surface area contributed by atoms with Gasteiger partial charge in [-0.1, -0.05) is 103 Å². The summed E-state index contributed by atoms with van der Waals surface area (Å²) in [5.41, 5.74) is 0. The lowest BCUT2D eigenvalue weighted by atomic mass is 10.0. The molecule has 0 saturated carbocycles. The summed E-state index contributed by atoms with van der Waals surface area (Å²) in [6.45, 7) is 4.46. The fourth-order valence-corrected chi connectivity index (χ4v) is 4.53. The van der Waals surface area contributed by atoms with Crippen molar-refractivity contribution in [1.29, 1.82) is 0 Å². The van der Waals surface area contributed by atoms with Gasteiger partial charge in [-0.15, -0.1) is 0 Å². The molecule has 0 saturated heterocycles. The lowest BCUT2D eigenvalue weighted by molar-refractivity contribution is 0.104. The normalized spacial score (nSPS) is 13.2. The molecule has 1 unspecified atom stereocenters. The predicted molar refractivity (Wildman–Crippen MR) is 133 cm³/mol. The summed E-state index contributed by atoms with van der Waals surface area (Å²) in [7, 11) is -0.678. The maximum atomic E-state index is 11.1. The summed E-state index contributed by atoms with van der Waals surface area (Å²) in [4.78, 5) is 19.9. The Kier molecular flexibility index (Phi) is 21.9. The maximum absolute atomic E-state index is 11.1. The predicted octanol–water partition coefficient (Wildman–Crippen LogP) is 6.27. The van der Waals surface area contributed by atoms with Gasteiger partial charge in [0.2, 0.25) is 0 Å². The molecule has 0 aliphatic carbocycles. The Morgan fingerprint density at radius 1 is 0.742 bits per heavy atom. The van der Waals surface area contributed by atoms with Gasteiger partial charge < -0.3 is 20.0 Å². The van der Waals surface area contributed by atoms with Crippen molar-refractivity contribution < 1.29 is 18.9 Å². The molecule has 0 aromatic carbocycles. The minimum Gasteiger partial charge on any atom is -0.317 e. The second-order valence-corrected chi connectivity index (χ2v) is 10.5. The minimum atomic E-state index is -4.43. The standard InChI is InChI=1S/C24H53N2O4P/c1-4-5-6-7-8-9-10-11-12-13-14-15-16-17-18-19-21-25-22-20-24(23-26(2)3)30-31(27,28)29/h24-25H,4-23H2,1-3H3,(H2,27,28,29). The molecule has 0 rings (SSSR count). The third kappa shape index (κ3) is 26.2. The molecule has 0 heterocycles. The number of phosphoric ester groups is 1. The van der Waals surface area contributed by atoms with Crippen LogP contribution in [0.15, 0.2) is 0 Å². The van der Waals surface area contributed by atoms with Gasteiger partial charge in [-0.25, -0.2) is 4.57 Å². The molecule has 0 spiro atoms. The van der Waals surface area contributed by atoms with Gasteiger partial charge in [-0.3, -0.25) is 4.52 Å². The number of rotatable bonds is 24.